The first-order chi connectivity index (χ1) is 9.82. The van der Waals surface area contributed by atoms with E-state index >= 15 is 0 Å². The van der Waals surface area contributed by atoms with Crippen molar-refractivity contribution in [3.05, 3.63) is 29.3 Å². The molecule has 0 saturated carbocycles. The van der Waals surface area contributed by atoms with Gasteiger partial charge >= 0.3 is 17.8 Å². The first-order valence-corrected chi connectivity index (χ1v) is 6.32. The topological polar surface area (TPSA) is 86.8 Å². The lowest BCUT2D eigenvalue weighted by Crippen LogP contribution is -2.38. The van der Waals surface area contributed by atoms with Gasteiger partial charge in [-0.05, 0) is 25.0 Å². The van der Waals surface area contributed by atoms with Gasteiger partial charge in [-0.15, -0.1) is 0 Å². The third kappa shape index (κ3) is 2.62. The Kier molecular flexibility index (Phi) is 3.75. The average molecular weight is 289 g/mol. The van der Waals surface area contributed by atoms with Gasteiger partial charge in [-0.2, -0.15) is 0 Å². The van der Waals surface area contributed by atoms with Crippen LogP contribution in [0.25, 0.3) is 0 Å². The summed E-state index contributed by atoms with van der Waals surface area (Å²) in [4.78, 5) is 47.9. The summed E-state index contributed by atoms with van der Waals surface area (Å²) >= 11 is 0. The molecule has 0 aliphatic carbocycles. The number of urea groups is 1. The maximum absolute atomic E-state index is 12.0. The van der Waals surface area contributed by atoms with E-state index in [2.05, 4.69) is 5.32 Å². The van der Waals surface area contributed by atoms with E-state index in [9.17, 15) is 19.2 Å². The van der Waals surface area contributed by atoms with E-state index in [4.69, 9.17) is 0 Å². The van der Waals surface area contributed by atoms with Crippen molar-refractivity contribution >= 4 is 29.4 Å². The number of nitrogens with zero attached hydrogens (tertiary/aromatic N) is 2. The number of rotatable bonds is 3. The SMILES string of the molecule is Cc1cccc(C)c1NC(=O)CN1C(=O)C(=O)N(C)C1=O. The normalized spacial score (nSPS) is 14.9. The molecule has 21 heavy (non-hydrogen) atoms. The van der Waals surface area contributed by atoms with Crippen LogP contribution in [-0.4, -0.2) is 47.1 Å². The first-order valence-electron chi connectivity index (χ1n) is 6.32. The van der Waals surface area contributed by atoms with E-state index in [0.717, 1.165) is 11.1 Å². The van der Waals surface area contributed by atoms with Crippen LogP contribution >= 0.6 is 0 Å². The molecular weight excluding hydrogens is 274 g/mol. The van der Waals surface area contributed by atoms with Gasteiger partial charge in [-0.1, -0.05) is 18.2 Å². The fourth-order valence-electron chi connectivity index (χ4n) is 2.09. The van der Waals surface area contributed by atoms with Crippen LogP contribution < -0.4 is 5.32 Å². The van der Waals surface area contributed by atoms with Crippen molar-refractivity contribution < 1.29 is 19.2 Å². The lowest BCUT2D eigenvalue weighted by molar-refractivity contribution is -0.143. The molecule has 0 unspecified atom stereocenters. The summed E-state index contributed by atoms with van der Waals surface area (Å²) in [6.45, 7) is 3.19. The summed E-state index contributed by atoms with van der Waals surface area (Å²) in [5, 5.41) is 2.66. The zero-order valence-electron chi connectivity index (χ0n) is 12.0. The van der Waals surface area contributed by atoms with Gasteiger partial charge in [0.1, 0.15) is 6.54 Å². The molecule has 1 heterocycles. The van der Waals surface area contributed by atoms with Gasteiger partial charge in [0.15, 0.2) is 0 Å². The Balaban J connectivity index is 2.11. The van der Waals surface area contributed by atoms with E-state index < -0.39 is 30.3 Å². The molecule has 2 rings (SSSR count). The van der Waals surface area contributed by atoms with Crippen LogP contribution in [0.1, 0.15) is 11.1 Å². The molecule has 1 fully saturated rings. The number of aryl methyl sites for hydroxylation is 2. The van der Waals surface area contributed by atoms with Crippen molar-refractivity contribution in [3.8, 4) is 0 Å². The Morgan fingerprint density at radius 2 is 1.67 bits per heavy atom. The molecule has 1 aliphatic heterocycles. The van der Waals surface area contributed by atoms with E-state index in [-0.39, 0.29) is 0 Å². The second-order valence-electron chi connectivity index (χ2n) is 4.85. The fourth-order valence-corrected chi connectivity index (χ4v) is 2.09. The van der Waals surface area contributed by atoms with Crippen molar-refractivity contribution in [2.45, 2.75) is 13.8 Å². The number of carbonyl (C=O) groups excluding carboxylic acids is 4. The highest BCUT2D eigenvalue weighted by Crippen LogP contribution is 2.19. The minimum Gasteiger partial charge on any atom is -0.324 e. The molecule has 7 heteroatoms. The molecular formula is C14H15N3O4. The van der Waals surface area contributed by atoms with E-state index in [0.29, 0.717) is 15.5 Å². The Labute approximate surface area is 121 Å². The van der Waals surface area contributed by atoms with E-state index in [1.54, 1.807) is 0 Å². The van der Waals surface area contributed by atoms with Crippen molar-refractivity contribution in [3.63, 3.8) is 0 Å². The Hall–Kier alpha value is -2.70. The van der Waals surface area contributed by atoms with Gasteiger partial charge in [0.2, 0.25) is 5.91 Å². The summed E-state index contributed by atoms with van der Waals surface area (Å²) in [6.07, 6.45) is 0. The third-order valence-corrected chi connectivity index (χ3v) is 3.30. The molecule has 0 radical (unpaired) electrons. The highest BCUT2D eigenvalue weighted by Gasteiger charge is 2.42. The van der Waals surface area contributed by atoms with Crippen molar-refractivity contribution in [1.82, 2.24) is 9.80 Å². The quantitative estimate of drug-likeness (QED) is 0.654. The van der Waals surface area contributed by atoms with Gasteiger partial charge in [0.25, 0.3) is 0 Å². The number of imide groups is 2. The maximum Gasteiger partial charge on any atom is 0.334 e. The molecule has 7 nitrogen and oxygen atoms in total. The van der Waals surface area contributed by atoms with Crippen molar-refractivity contribution in [1.29, 1.82) is 0 Å². The molecule has 0 aromatic heterocycles. The largest absolute Gasteiger partial charge is 0.334 e. The molecule has 0 atom stereocenters. The van der Waals surface area contributed by atoms with Crippen LogP contribution in [0.4, 0.5) is 10.5 Å². The van der Waals surface area contributed by atoms with E-state index in [1.807, 2.05) is 32.0 Å². The molecule has 0 spiro atoms. The number of amides is 5. The number of nitrogens with one attached hydrogen (secondary N) is 1. The summed E-state index contributed by atoms with van der Waals surface area (Å²) in [7, 11) is 1.20. The average Bonchev–Trinajstić information content (AvgIpc) is 2.61. The van der Waals surface area contributed by atoms with Gasteiger partial charge < -0.3 is 5.32 Å². The number of benzene rings is 1. The van der Waals surface area contributed by atoms with Crippen LogP contribution in [-0.2, 0) is 14.4 Å². The lowest BCUT2D eigenvalue weighted by Gasteiger charge is -2.15. The second-order valence-corrected chi connectivity index (χ2v) is 4.85. The van der Waals surface area contributed by atoms with Crippen LogP contribution in [0.5, 0.6) is 0 Å². The van der Waals surface area contributed by atoms with Crippen LogP contribution in [0.15, 0.2) is 18.2 Å². The molecule has 1 saturated heterocycles. The van der Waals surface area contributed by atoms with Gasteiger partial charge in [-0.25, -0.2) is 9.69 Å². The minimum atomic E-state index is -0.987. The number of para-hydroxylation sites is 1. The molecule has 1 aromatic rings. The van der Waals surface area contributed by atoms with Gasteiger partial charge in [-0.3, -0.25) is 19.3 Å². The van der Waals surface area contributed by atoms with Gasteiger partial charge in [0, 0.05) is 12.7 Å². The van der Waals surface area contributed by atoms with E-state index in [1.165, 1.54) is 7.05 Å². The number of hydrogen-bond acceptors (Lipinski definition) is 4. The molecule has 1 aromatic carbocycles. The highest BCUT2D eigenvalue weighted by atomic mass is 16.2. The Morgan fingerprint density at radius 1 is 1.10 bits per heavy atom. The standard InChI is InChI=1S/C14H15N3O4/c1-8-5-4-6-9(2)11(8)15-10(18)7-17-13(20)12(19)16(3)14(17)21/h4-6H,7H2,1-3H3,(H,15,18). The molecule has 0 bridgehead atoms. The zero-order chi connectivity index (χ0) is 15.7. The number of carbonyl (C=O) groups is 4. The lowest BCUT2D eigenvalue weighted by atomic mass is 10.1. The van der Waals surface area contributed by atoms with Crippen LogP contribution in [0.3, 0.4) is 0 Å². The third-order valence-electron chi connectivity index (χ3n) is 3.30. The smallest absolute Gasteiger partial charge is 0.324 e. The van der Waals surface area contributed by atoms with Crippen LogP contribution in [0, 0.1) is 13.8 Å². The predicted octanol–water partition coefficient (Wildman–Crippen LogP) is 0.663. The molecule has 5 amide bonds. The zero-order valence-corrected chi connectivity index (χ0v) is 12.0. The Morgan fingerprint density at radius 3 is 2.14 bits per heavy atom. The highest BCUT2D eigenvalue weighted by molar-refractivity contribution is 6.44. The maximum atomic E-state index is 12.0. The summed E-state index contributed by atoms with van der Waals surface area (Å²) in [5.41, 5.74) is 2.38. The minimum absolute atomic E-state index is 0.485. The summed E-state index contributed by atoms with van der Waals surface area (Å²) in [5.74, 6) is -2.45. The van der Waals surface area contributed by atoms with Crippen molar-refractivity contribution in [2.24, 2.45) is 0 Å². The number of likely N-dealkylation sites (N-methyl/N-ethyl adjacent to an activating group) is 1. The molecule has 1 aliphatic rings. The van der Waals surface area contributed by atoms with Crippen molar-refractivity contribution in [2.75, 3.05) is 18.9 Å². The van der Waals surface area contributed by atoms with Crippen LogP contribution in [0.2, 0.25) is 0 Å². The predicted molar refractivity (Wildman–Crippen MR) is 74.4 cm³/mol. The number of hydrogen-bond donors (Lipinski definition) is 1. The Bertz CT molecular complexity index is 633. The van der Waals surface area contributed by atoms with Gasteiger partial charge in [0.05, 0.1) is 0 Å². The fraction of sp³-hybridized carbons (Fsp3) is 0.286. The molecule has 110 valence electrons. The second kappa shape index (κ2) is 5.35. The first kappa shape index (κ1) is 14.7. The summed E-state index contributed by atoms with van der Waals surface area (Å²) < 4.78 is 0. The number of anilines is 1. The summed E-state index contributed by atoms with van der Waals surface area (Å²) in [6, 6.07) is 4.75. The monoisotopic (exact) mass is 289 g/mol. The molecule has 1 N–H and O–H groups in total.